The summed E-state index contributed by atoms with van der Waals surface area (Å²) in [4.78, 5) is 4.71. The molecular formula is C23H28NO. The van der Waals surface area contributed by atoms with E-state index in [4.69, 9.17) is 9.40 Å². The van der Waals surface area contributed by atoms with E-state index in [0.717, 1.165) is 29.5 Å². The van der Waals surface area contributed by atoms with Crippen molar-refractivity contribution in [2.45, 2.75) is 53.4 Å². The van der Waals surface area contributed by atoms with Crippen molar-refractivity contribution in [3.8, 4) is 11.5 Å². The molecule has 2 heteroatoms. The lowest BCUT2D eigenvalue weighted by molar-refractivity contribution is 0.569. The van der Waals surface area contributed by atoms with E-state index in [-0.39, 0.29) is 0 Å². The fourth-order valence-corrected chi connectivity index (χ4v) is 3.14. The molecule has 0 amide bonds. The first kappa shape index (κ1) is 17.7. The highest BCUT2D eigenvalue weighted by Gasteiger charge is 2.16. The van der Waals surface area contributed by atoms with Gasteiger partial charge in [0.05, 0.1) is 0 Å². The summed E-state index contributed by atoms with van der Waals surface area (Å²) in [7, 11) is 0. The molecule has 2 nitrogen and oxygen atoms in total. The number of benzene rings is 2. The summed E-state index contributed by atoms with van der Waals surface area (Å²) >= 11 is 0. The van der Waals surface area contributed by atoms with Crippen molar-refractivity contribution in [3.05, 3.63) is 53.6 Å². The average Bonchev–Trinajstić information content (AvgIpc) is 3.02. The highest BCUT2D eigenvalue weighted by atomic mass is 16.3. The maximum absolute atomic E-state index is 6.04. The zero-order chi connectivity index (χ0) is 17.8. The molecule has 0 bridgehead atoms. The standard InChI is InChI=1S/C23H28NO/c1-16(2)12-14-18-8-7-9-20(19(18)15-13-17(3)4)23-24-21-10-5-6-11-22(21)25-23/h5-8,10-11,16-17H,12-15H2,1-4H3. The first-order valence-corrected chi connectivity index (χ1v) is 9.43. The summed E-state index contributed by atoms with van der Waals surface area (Å²) in [5.41, 5.74) is 5.58. The maximum atomic E-state index is 6.04. The first-order chi connectivity index (χ1) is 12.0. The summed E-state index contributed by atoms with van der Waals surface area (Å²) in [5, 5.41) is 0. The highest BCUT2D eigenvalue weighted by molar-refractivity contribution is 5.76. The van der Waals surface area contributed by atoms with Crippen LogP contribution in [0.25, 0.3) is 22.6 Å². The molecule has 0 fully saturated rings. The van der Waals surface area contributed by atoms with Gasteiger partial charge in [0.1, 0.15) is 5.52 Å². The third-order valence-electron chi connectivity index (χ3n) is 4.67. The van der Waals surface area contributed by atoms with Crippen molar-refractivity contribution in [1.82, 2.24) is 4.98 Å². The van der Waals surface area contributed by atoms with Gasteiger partial charge in [-0.1, -0.05) is 52.0 Å². The van der Waals surface area contributed by atoms with Gasteiger partial charge < -0.3 is 4.42 Å². The van der Waals surface area contributed by atoms with E-state index < -0.39 is 0 Å². The van der Waals surface area contributed by atoms with Crippen molar-refractivity contribution in [2.24, 2.45) is 11.8 Å². The van der Waals surface area contributed by atoms with E-state index >= 15 is 0 Å². The zero-order valence-electron chi connectivity index (χ0n) is 15.8. The van der Waals surface area contributed by atoms with Crippen LogP contribution < -0.4 is 0 Å². The number of hydrogen-bond donors (Lipinski definition) is 0. The van der Waals surface area contributed by atoms with Gasteiger partial charge >= 0.3 is 0 Å². The second-order valence-corrected chi connectivity index (χ2v) is 7.71. The highest BCUT2D eigenvalue weighted by Crippen LogP contribution is 2.31. The zero-order valence-corrected chi connectivity index (χ0v) is 15.8. The van der Waals surface area contributed by atoms with E-state index in [0.29, 0.717) is 17.7 Å². The Morgan fingerprint density at radius 3 is 2.40 bits per heavy atom. The van der Waals surface area contributed by atoms with E-state index in [2.05, 4.69) is 39.8 Å². The monoisotopic (exact) mass is 334 g/mol. The van der Waals surface area contributed by atoms with Crippen LogP contribution in [0.2, 0.25) is 0 Å². The predicted molar refractivity (Wildman–Crippen MR) is 105 cm³/mol. The molecule has 0 aliphatic carbocycles. The van der Waals surface area contributed by atoms with E-state index in [1.165, 1.54) is 24.0 Å². The van der Waals surface area contributed by atoms with E-state index in [1.807, 2.05) is 30.3 Å². The number of oxazole rings is 1. The van der Waals surface area contributed by atoms with Crippen molar-refractivity contribution in [1.29, 1.82) is 0 Å². The predicted octanol–water partition coefficient (Wildman–Crippen LogP) is 6.47. The Bertz CT molecular complexity index is 796. The minimum Gasteiger partial charge on any atom is -0.436 e. The van der Waals surface area contributed by atoms with E-state index in [9.17, 15) is 0 Å². The van der Waals surface area contributed by atoms with E-state index in [1.54, 1.807) is 0 Å². The number of aromatic nitrogens is 1. The number of para-hydroxylation sites is 2. The second kappa shape index (κ2) is 7.86. The van der Waals surface area contributed by atoms with Crippen LogP contribution in [-0.2, 0) is 12.8 Å². The van der Waals surface area contributed by atoms with Crippen LogP contribution in [0, 0.1) is 17.9 Å². The second-order valence-electron chi connectivity index (χ2n) is 7.71. The SMILES string of the molecule is CC(C)CCc1cc[c]c(-c2nc3ccccc3o2)c1CCC(C)C. The van der Waals surface area contributed by atoms with Crippen LogP contribution in [0.15, 0.2) is 40.8 Å². The fraction of sp³-hybridized carbons (Fsp3) is 0.435. The number of nitrogens with zero attached hydrogens (tertiary/aromatic N) is 1. The summed E-state index contributed by atoms with van der Waals surface area (Å²) in [6, 6.07) is 15.6. The van der Waals surface area contributed by atoms with Crippen molar-refractivity contribution in [2.75, 3.05) is 0 Å². The summed E-state index contributed by atoms with van der Waals surface area (Å²) in [5.74, 6) is 2.08. The molecule has 0 spiro atoms. The van der Waals surface area contributed by atoms with Gasteiger partial charge in [-0.3, -0.25) is 0 Å². The van der Waals surface area contributed by atoms with Crippen molar-refractivity contribution in [3.63, 3.8) is 0 Å². The molecule has 131 valence electrons. The molecule has 0 unspecified atom stereocenters. The summed E-state index contributed by atoms with van der Waals surface area (Å²) < 4.78 is 6.04. The minimum atomic E-state index is 0.676. The molecule has 1 heterocycles. The van der Waals surface area contributed by atoms with Gasteiger partial charge in [0.15, 0.2) is 5.58 Å². The van der Waals surface area contributed by atoms with Crippen LogP contribution in [0.1, 0.15) is 51.7 Å². The molecule has 1 aromatic heterocycles. The molecule has 0 saturated heterocycles. The molecule has 1 radical (unpaired) electrons. The summed E-state index contributed by atoms with van der Waals surface area (Å²) in [6.45, 7) is 9.12. The molecule has 2 aromatic carbocycles. The fourth-order valence-electron chi connectivity index (χ4n) is 3.14. The van der Waals surface area contributed by atoms with Gasteiger partial charge in [0.2, 0.25) is 5.89 Å². The van der Waals surface area contributed by atoms with Gasteiger partial charge in [-0.25, -0.2) is 4.98 Å². The molecule has 25 heavy (non-hydrogen) atoms. The van der Waals surface area contributed by atoms with Gasteiger partial charge in [0, 0.05) is 5.56 Å². The largest absolute Gasteiger partial charge is 0.436 e. The van der Waals surface area contributed by atoms with Crippen LogP contribution in [0.5, 0.6) is 0 Å². The van der Waals surface area contributed by atoms with Gasteiger partial charge in [-0.2, -0.15) is 0 Å². The molecular weight excluding hydrogens is 306 g/mol. The Morgan fingerprint density at radius 1 is 0.960 bits per heavy atom. The lowest BCUT2D eigenvalue weighted by atomic mass is 9.90. The van der Waals surface area contributed by atoms with Gasteiger partial charge in [-0.15, -0.1) is 0 Å². The Balaban J connectivity index is 2.02. The Labute approximate surface area is 151 Å². The quantitative estimate of drug-likeness (QED) is 0.495. The lowest BCUT2D eigenvalue weighted by Crippen LogP contribution is -2.02. The molecule has 0 N–H and O–H groups in total. The third kappa shape index (κ3) is 4.31. The Kier molecular flexibility index (Phi) is 5.57. The normalized spacial score (nSPS) is 11.8. The lowest BCUT2D eigenvalue weighted by Gasteiger charge is -2.15. The number of fused-ring (bicyclic) bond motifs is 1. The summed E-state index contributed by atoms with van der Waals surface area (Å²) in [6.07, 6.45) is 4.52. The minimum absolute atomic E-state index is 0.676. The van der Waals surface area contributed by atoms with Crippen molar-refractivity contribution < 1.29 is 4.42 Å². The van der Waals surface area contributed by atoms with Crippen LogP contribution in [-0.4, -0.2) is 4.98 Å². The van der Waals surface area contributed by atoms with Crippen molar-refractivity contribution >= 4 is 11.1 Å². The smallest absolute Gasteiger partial charge is 0.228 e. The molecule has 0 aliphatic heterocycles. The van der Waals surface area contributed by atoms with Crippen LogP contribution in [0.3, 0.4) is 0 Å². The molecule has 3 rings (SSSR count). The van der Waals surface area contributed by atoms with Crippen LogP contribution in [0.4, 0.5) is 0 Å². The molecule has 0 atom stereocenters. The maximum Gasteiger partial charge on any atom is 0.228 e. The van der Waals surface area contributed by atoms with Gasteiger partial charge in [0.25, 0.3) is 0 Å². The average molecular weight is 334 g/mol. The molecule has 0 aliphatic rings. The first-order valence-electron chi connectivity index (χ1n) is 9.43. The molecule has 0 saturated carbocycles. The number of rotatable bonds is 7. The number of hydrogen-bond acceptors (Lipinski definition) is 2. The third-order valence-corrected chi connectivity index (χ3v) is 4.67. The number of aryl methyl sites for hydroxylation is 1. The Morgan fingerprint density at radius 2 is 1.68 bits per heavy atom. The van der Waals surface area contributed by atoms with Crippen LogP contribution >= 0.6 is 0 Å². The molecule has 3 aromatic rings. The topological polar surface area (TPSA) is 26.0 Å². The van der Waals surface area contributed by atoms with Gasteiger partial charge in [-0.05, 0) is 66.8 Å². The Hall–Kier alpha value is -2.09.